The molecule has 0 aliphatic carbocycles. The third-order valence-electron chi connectivity index (χ3n) is 1.65. The molecule has 0 heterocycles. The minimum Gasteiger partial charge on any atom is -0.296 e. The third kappa shape index (κ3) is 3.16. The summed E-state index contributed by atoms with van der Waals surface area (Å²) in [6.45, 7) is 0. The zero-order valence-corrected chi connectivity index (χ0v) is 8.58. The van der Waals surface area contributed by atoms with Crippen molar-refractivity contribution in [2.24, 2.45) is 0 Å². The normalized spacial score (nSPS) is 11.2. The zero-order chi connectivity index (χ0) is 11.5. The Morgan fingerprint density at radius 3 is 2.60 bits per heavy atom. The van der Waals surface area contributed by atoms with E-state index in [0.717, 1.165) is 24.1 Å². The lowest BCUT2D eigenvalue weighted by atomic mass is 10.1. The van der Waals surface area contributed by atoms with E-state index >= 15 is 0 Å². The third-order valence-corrected chi connectivity index (χ3v) is 2.04. The van der Waals surface area contributed by atoms with Gasteiger partial charge in [-0.15, -0.1) is 0 Å². The summed E-state index contributed by atoms with van der Waals surface area (Å²) in [6, 6.07) is 4.29. The number of rotatable bonds is 2. The predicted molar refractivity (Wildman–Crippen MR) is 52.4 cm³/mol. The Bertz CT molecular complexity index is 365. The van der Waals surface area contributed by atoms with Crippen LogP contribution in [0.3, 0.4) is 0 Å². The van der Waals surface area contributed by atoms with Crippen molar-refractivity contribution in [2.75, 3.05) is 6.26 Å². The summed E-state index contributed by atoms with van der Waals surface area (Å²) >= 11 is 1.04. The first-order valence-corrected chi connectivity index (χ1v) is 5.18. The van der Waals surface area contributed by atoms with Gasteiger partial charge in [0.25, 0.3) is 5.91 Å². The Labute approximate surface area is 89.0 Å². The Morgan fingerprint density at radius 1 is 1.40 bits per heavy atom. The van der Waals surface area contributed by atoms with Crippen LogP contribution in [0, 0.1) is 0 Å². The number of hydrogen-bond donors (Lipinski definition) is 1. The van der Waals surface area contributed by atoms with Crippen molar-refractivity contribution >= 4 is 17.9 Å². The summed E-state index contributed by atoms with van der Waals surface area (Å²) in [5.74, 6) is -0.534. The molecule has 0 aromatic heterocycles. The van der Waals surface area contributed by atoms with E-state index in [1.165, 1.54) is 12.1 Å². The van der Waals surface area contributed by atoms with E-state index < -0.39 is 17.6 Å². The minimum absolute atomic E-state index is 0.000764. The summed E-state index contributed by atoms with van der Waals surface area (Å²) in [4.78, 5) is 11.2. The quantitative estimate of drug-likeness (QED) is 0.798. The standard InChI is InChI=1S/C9H8F3NOS/c1-15-13-8(14)6-3-2-4-7(5-6)9(10,11)12/h2-5H,1H3,(H,13,14). The van der Waals surface area contributed by atoms with Crippen molar-refractivity contribution in [3.05, 3.63) is 35.4 Å². The summed E-state index contributed by atoms with van der Waals surface area (Å²) in [5, 5.41) is 0. The molecule has 0 saturated carbocycles. The zero-order valence-electron chi connectivity index (χ0n) is 7.76. The highest BCUT2D eigenvalue weighted by Gasteiger charge is 2.30. The van der Waals surface area contributed by atoms with E-state index in [9.17, 15) is 18.0 Å². The molecule has 0 aliphatic rings. The molecule has 6 heteroatoms. The minimum atomic E-state index is -4.42. The molecule has 1 aromatic carbocycles. The lowest BCUT2D eigenvalue weighted by molar-refractivity contribution is -0.137. The molecule has 0 atom stereocenters. The molecule has 0 spiro atoms. The Hall–Kier alpha value is -1.17. The molecule has 15 heavy (non-hydrogen) atoms. The van der Waals surface area contributed by atoms with Gasteiger partial charge in [-0.1, -0.05) is 18.0 Å². The number of alkyl halides is 3. The fourth-order valence-corrected chi connectivity index (χ4v) is 1.29. The van der Waals surface area contributed by atoms with E-state index in [0.29, 0.717) is 0 Å². The number of nitrogens with one attached hydrogen (secondary N) is 1. The second-order valence-corrected chi connectivity index (χ2v) is 3.33. The van der Waals surface area contributed by atoms with Crippen LogP contribution in [0.25, 0.3) is 0 Å². The fraction of sp³-hybridized carbons (Fsp3) is 0.222. The molecule has 0 unspecified atom stereocenters. The summed E-state index contributed by atoms with van der Waals surface area (Å²) in [6.07, 6.45) is -2.80. The first-order chi connectivity index (χ1) is 6.95. The molecule has 2 nitrogen and oxygen atoms in total. The van der Waals surface area contributed by atoms with Crippen molar-refractivity contribution < 1.29 is 18.0 Å². The average molecular weight is 235 g/mol. The van der Waals surface area contributed by atoms with Crippen LogP contribution in [-0.2, 0) is 6.18 Å². The van der Waals surface area contributed by atoms with Gasteiger partial charge in [0.1, 0.15) is 0 Å². The first-order valence-electron chi connectivity index (χ1n) is 3.95. The second kappa shape index (κ2) is 4.57. The van der Waals surface area contributed by atoms with Crippen LogP contribution in [0.15, 0.2) is 24.3 Å². The van der Waals surface area contributed by atoms with Gasteiger partial charge in [0.05, 0.1) is 5.56 Å². The molecule has 82 valence electrons. The van der Waals surface area contributed by atoms with E-state index in [1.54, 1.807) is 6.26 Å². The van der Waals surface area contributed by atoms with Crippen molar-refractivity contribution in [1.29, 1.82) is 0 Å². The van der Waals surface area contributed by atoms with Crippen molar-refractivity contribution in [1.82, 2.24) is 4.72 Å². The van der Waals surface area contributed by atoms with Crippen LogP contribution in [-0.4, -0.2) is 12.2 Å². The number of carbonyl (C=O) groups excluding carboxylic acids is 1. The van der Waals surface area contributed by atoms with E-state index in [4.69, 9.17) is 0 Å². The Balaban J connectivity index is 2.98. The molecule has 0 aliphatic heterocycles. The number of amides is 1. The second-order valence-electron chi connectivity index (χ2n) is 2.71. The van der Waals surface area contributed by atoms with Gasteiger partial charge in [-0.3, -0.25) is 9.52 Å². The van der Waals surface area contributed by atoms with Gasteiger partial charge in [0.15, 0.2) is 0 Å². The monoisotopic (exact) mass is 235 g/mol. The molecule has 1 N–H and O–H groups in total. The average Bonchev–Trinajstić information content (AvgIpc) is 2.17. The Morgan fingerprint density at radius 2 is 2.07 bits per heavy atom. The smallest absolute Gasteiger partial charge is 0.296 e. The van der Waals surface area contributed by atoms with Gasteiger partial charge >= 0.3 is 6.18 Å². The maximum atomic E-state index is 12.3. The van der Waals surface area contributed by atoms with Crippen LogP contribution in [0.4, 0.5) is 13.2 Å². The predicted octanol–water partition coefficient (Wildman–Crippen LogP) is 2.71. The molecular formula is C9H8F3NOS. The molecule has 0 radical (unpaired) electrons. The lowest BCUT2D eigenvalue weighted by Crippen LogP contribution is -2.16. The van der Waals surface area contributed by atoms with Gasteiger partial charge in [0.2, 0.25) is 0 Å². The highest BCUT2D eigenvalue weighted by molar-refractivity contribution is 7.97. The van der Waals surface area contributed by atoms with Crippen LogP contribution in [0.2, 0.25) is 0 Å². The maximum Gasteiger partial charge on any atom is 0.416 e. The highest BCUT2D eigenvalue weighted by Crippen LogP contribution is 2.29. The van der Waals surface area contributed by atoms with Crippen LogP contribution in [0.1, 0.15) is 15.9 Å². The van der Waals surface area contributed by atoms with Crippen molar-refractivity contribution in [3.8, 4) is 0 Å². The largest absolute Gasteiger partial charge is 0.416 e. The number of carbonyl (C=O) groups is 1. The highest BCUT2D eigenvalue weighted by atomic mass is 32.2. The lowest BCUT2D eigenvalue weighted by Gasteiger charge is -2.07. The molecule has 1 rings (SSSR count). The van der Waals surface area contributed by atoms with Gasteiger partial charge < -0.3 is 0 Å². The molecule has 1 amide bonds. The van der Waals surface area contributed by atoms with Gasteiger partial charge in [0, 0.05) is 11.8 Å². The van der Waals surface area contributed by atoms with E-state index in [-0.39, 0.29) is 5.56 Å². The van der Waals surface area contributed by atoms with E-state index in [2.05, 4.69) is 4.72 Å². The van der Waals surface area contributed by atoms with Crippen LogP contribution < -0.4 is 4.72 Å². The molecule has 0 fully saturated rings. The van der Waals surface area contributed by atoms with E-state index in [1.807, 2.05) is 0 Å². The topological polar surface area (TPSA) is 29.1 Å². The number of benzene rings is 1. The SMILES string of the molecule is CSNC(=O)c1cccc(C(F)(F)F)c1. The summed E-state index contributed by atoms with van der Waals surface area (Å²) in [7, 11) is 0. The fourth-order valence-electron chi connectivity index (χ4n) is 0.988. The van der Waals surface area contributed by atoms with Crippen LogP contribution >= 0.6 is 11.9 Å². The first kappa shape index (κ1) is 11.9. The van der Waals surface area contributed by atoms with Gasteiger partial charge in [-0.2, -0.15) is 13.2 Å². The summed E-state index contributed by atoms with van der Waals surface area (Å²) in [5.41, 5.74) is -0.824. The van der Waals surface area contributed by atoms with Crippen molar-refractivity contribution in [3.63, 3.8) is 0 Å². The Kier molecular flexibility index (Phi) is 3.62. The molecule has 0 bridgehead atoms. The van der Waals surface area contributed by atoms with Gasteiger partial charge in [-0.25, -0.2) is 0 Å². The number of hydrogen-bond acceptors (Lipinski definition) is 2. The summed E-state index contributed by atoms with van der Waals surface area (Å²) < 4.78 is 39.2. The maximum absolute atomic E-state index is 12.3. The molecule has 0 saturated heterocycles. The number of halogens is 3. The molecule has 1 aromatic rings. The molecular weight excluding hydrogens is 227 g/mol. The van der Waals surface area contributed by atoms with Crippen LogP contribution in [0.5, 0.6) is 0 Å². The van der Waals surface area contributed by atoms with Gasteiger partial charge in [-0.05, 0) is 18.2 Å². The van der Waals surface area contributed by atoms with Crippen molar-refractivity contribution in [2.45, 2.75) is 6.18 Å².